The van der Waals surface area contributed by atoms with Gasteiger partial charge in [-0.05, 0) is 25.7 Å². The molecule has 0 N–H and O–H groups in total. The maximum absolute atomic E-state index is 12.7. The monoisotopic (exact) mass is 340 g/mol. The summed E-state index contributed by atoms with van der Waals surface area (Å²) in [5.41, 5.74) is 2.15. The van der Waals surface area contributed by atoms with Crippen LogP contribution >= 0.6 is 0 Å². The zero-order valence-corrected chi connectivity index (χ0v) is 16.6. The summed E-state index contributed by atoms with van der Waals surface area (Å²) >= 11 is 0. The molecule has 0 aliphatic heterocycles. The van der Waals surface area contributed by atoms with Crippen LogP contribution in [-0.2, 0) is 0 Å². The van der Waals surface area contributed by atoms with Gasteiger partial charge in [0.1, 0.15) is 8.07 Å². The van der Waals surface area contributed by atoms with Gasteiger partial charge in [0.05, 0.1) is 0 Å². The highest BCUT2D eigenvalue weighted by Gasteiger charge is 2.38. The van der Waals surface area contributed by atoms with Crippen molar-refractivity contribution in [2.45, 2.75) is 18.8 Å². The third-order valence-electron chi connectivity index (χ3n) is 4.61. The Morgan fingerprint density at radius 2 is 1.42 bits per heavy atom. The van der Waals surface area contributed by atoms with Crippen LogP contribution in [0.4, 0.5) is 0 Å². The molecule has 1 amide bonds. The Labute approximate surface area is 146 Å². The van der Waals surface area contributed by atoms with Crippen LogP contribution in [0, 0.1) is 0 Å². The second-order valence-corrected chi connectivity index (χ2v) is 11.8. The molecule has 4 heteroatoms. The minimum atomic E-state index is -1.87. The minimum absolute atomic E-state index is 0.0651. The number of carbonyl (C=O) groups excluding carboxylic acids is 1. The van der Waals surface area contributed by atoms with Crippen molar-refractivity contribution in [3.63, 3.8) is 0 Å². The van der Waals surface area contributed by atoms with E-state index in [4.69, 9.17) is 0 Å². The van der Waals surface area contributed by atoms with Crippen LogP contribution in [0.1, 0.15) is 21.6 Å². The summed E-state index contributed by atoms with van der Waals surface area (Å²) in [4.78, 5) is 16.6. The largest absolute Gasteiger partial charge is 0.345 e. The topological polar surface area (TPSA) is 23.6 Å². The Balaban J connectivity index is 2.60. The predicted molar refractivity (Wildman–Crippen MR) is 104 cm³/mol. The van der Waals surface area contributed by atoms with E-state index in [0.717, 1.165) is 11.1 Å². The van der Waals surface area contributed by atoms with E-state index in [-0.39, 0.29) is 11.6 Å². The van der Waals surface area contributed by atoms with Crippen molar-refractivity contribution in [1.29, 1.82) is 0 Å². The summed E-state index contributed by atoms with van der Waals surface area (Å²) in [7, 11) is 5.97. The zero-order valence-electron chi connectivity index (χ0n) is 15.6. The second kappa shape index (κ2) is 7.32. The van der Waals surface area contributed by atoms with Crippen molar-refractivity contribution in [2.24, 2.45) is 0 Å². The third kappa shape index (κ3) is 3.60. The van der Waals surface area contributed by atoms with E-state index >= 15 is 0 Å². The second-order valence-electron chi connectivity index (χ2n) is 7.24. The molecule has 0 aliphatic carbocycles. The van der Waals surface area contributed by atoms with Crippen LogP contribution in [0.2, 0.25) is 13.1 Å². The number of benzene rings is 2. The van der Waals surface area contributed by atoms with Crippen LogP contribution in [0.15, 0.2) is 54.6 Å². The van der Waals surface area contributed by atoms with E-state index in [1.165, 1.54) is 5.19 Å². The molecule has 0 saturated carbocycles. The summed E-state index contributed by atoms with van der Waals surface area (Å²) in [5, 5.41) is 1.40. The van der Waals surface area contributed by atoms with Crippen LogP contribution in [0.25, 0.3) is 0 Å². The average Bonchev–Trinajstić information content (AvgIpc) is 2.55. The number of hydrogen-bond acceptors (Lipinski definition) is 2. The van der Waals surface area contributed by atoms with Crippen LogP contribution < -0.4 is 5.19 Å². The fraction of sp³-hybridized carbons (Fsp3) is 0.350. The molecule has 3 nitrogen and oxygen atoms in total. The van der Waals surface area contributed by atoms with Gasteiger partial charge in [-0.15, -0.1) is 0 Å². The van der Waals surface area contributed by atoms with Crippen LogP contribution in [-0.4, -0.2) is 52.0 Å². The molecule has 2 rings (SSSR count). The lowest BCUT2D eigenvalue weighted by Crippen LogP contribution is -2.53. The molecule has 1 atom stereocenters. The van der Waals surface area contributed by atoms with E-state index in [2.05, 4.69) is 68.5 Å². The molecule has 0 heterocycles. The summed E-state index contributed by atoms with van der Waals surface area (Å²) in [6, 6.07) is 18.8. The van der Waals surface area contributed by atoms with Gasteiger partial charge in [-0.1, -0.05) is 66.8 Å². The molecule has 0 aliphatic rings. The predicted octanol–water partition coefficient (Wildman–Crippen LogP) is 3.15. The van der Waals surface area contributed by atoms with Crippen molar-refractivity contribution in [1.82, 2.24) is 9.80 Å². The smallest absolute Gasteiger partial charge is 0.253 e. The van der Waals surface area contributed by atoms with E-state index in [1.807, 2.05) is 32.3 Å². The van der Waals surface area contributed by atoms with E-state index in [0.29, 0.717) is 0 Å². The molecule has 0 radical (unpaired) electrons. The van der Waals surface area contributed by atoms with Gasteiger partial charge in [-0.2, -0.15) is 0 Å². The molecule has 0 bridgehead atoms. The average molecular weight is 341 g/mol. The SMILES string of the molecule is CN(C)C(=O)c1ccccc1C(N(C)C)[Si](C)(C)c1ccccc1. The number of hydrogen-bond donors (Lipinski definition) is 0. The Bertz CT molecular complexity index is 696. The lowest BCUT2D eigenvalue weighted by atomic mass is 10.1. The fourth-order valence-corrected chi connectivity index (χ4v) is 7.20. The van der Waals surface area contributed by atoms with Gasteiger partial charge in [0.2, 0.25) is 0 Å². The Morgan fingerprint density at radius 3 is 1.96 bits per heavy atom. The van der Waals surface area contributed by atoms with Crippen LogP contribution in [0.5, 0.6) is 0 Å². The molecule has 24 heavy (non-hydrogen) atoms. The first-order chi connectivity index (χ1) is 11.3. The minimum Gasteiger partial charge on any atom is -0.345 e. The lowest BCUT2D eigenvalue weighted by Gasteiger charge is -2.39. The number of nitrogens with zero attached hydrogens (tertiary/aromatic N) is 2. The molecule has 0 fully saturated rings. The summed E-state index contributed by atoms with van der Waals surface area (Å²) in [6.45, 7) is 4.76. The maximum Gasteiger partial charge on any atom is 0.253 e. The maximum atomic E-state index is 12.7. The number of amides is 1. The van der Waals surface area contributed by atoms with Gasteiger partial charge < -0.3 is 9.80 Å². The van der Waals surface area contributed by atoms with Crippen molar-refractivity contribution < 1.29 is 4.79 Å². The summed E-state index contributed by atoms with van der Waals surface area (Å²) in [5.74, 6) is 0.0651. The van der Waals surface area contributed by atoms with Crippen molar-refractivity contribution in [3.8, 4) is 0 Å². The molecule has 2 aromatic carbocycles. The molecule has 0 aromatic heterocycles. The number of carbonyl (C=O) groups is 1. The van der Waals surface area contributed by atoms with Gasteiger partial charge in [-0.3, -0.25) is 4.79 Å². The lowest BCUT2D eigenvalue weighted by molar-refractivity contribution is 0.0825. The third-order valence-corrected chi connectivity index (χ3v) is 8.63. The molecule has 0 saturated heterocycles. The first-order valence-corrected chi connectivity index (χ1v) is 11.4. The van der Waals surface area contributed by atoms with Gasteiger partial charge in [0.25, 0.3) is 5.91 Å². The molecule has 1 unspecified atom stereocenters. The molecular formula is C20H28N2OSi. The van der Waals surface area contributed by atoms with Gasteiger partial charge >= 0.3 is 0 Å². The normalized spacial score (nSPS) is 13.0. The van der Waals surface area contributed by atoms with Gasteiger partial charge in [0, 0.05) is 25.3 Å². The van der Waals surface area contributed by atoms with E-state index in [1.54, 1.807) is 4.90 Å². The quantitative estimate of drug-likeness (QED) is 0.781. The van der Waals surface area contributed by atoms with Gasteiger partial charge in [0.15, 0.2) is 0 Å². The number of rotatable bonds is 5. The van der Waals surface area contributed by atoms with Gasteiger partial charge in [-0.25, -0.2) is 0 Å². The van der Waals surface area contributed by atoms with E-state index in [9.17, 15) is 4.79 Å². The fourth-order valence-electron chi connectivity index (χ4n) is 3.51. The summed E-state index contributed by atoms with van der Waals surface area (Å²) < 4.78 is 0. The summed E-state index contributed by atoms with van der Waals surface area (Å²) in [6.07, 6.45) is 0. The van der Waals surface area contributed by atoms with Crippen LogP contribution in [0.3, 0.4) is 0 Å². The first kappa shape index (κ1) is 18.4. The van der Waals surface area contributed by atoms with E-state index < -0.39 is 8.07 Å². The van der Waals surface area contributed by atoms with Crippen molar-refractivity contribution in [2.75, 3.05) is 28.2 Å². The standard InChI is InChI=1S/C20H28N2OSi/c1-21(2)19(23)17-14-10-11-15-18(17)20(22(3)4)24(5,6)16-12-8-7-9-13-16/h7-15,20H,1-6H3. The highest BCUT2D eigenvalue weighted by Crippen LogP contribution is 2.31. The molecule has 128 valence electrons. The Hall–Kier alpha value is -1.91. The molecule has 0 spiro atoms. The highest BCUT2D eigenvalue weighted by molar-refractivity contribution is 6.90. The van der Waals surface area contributed by atoms with Crippen molar-refractivity contribution in [3.05, 3.63) is 65.7 Å². The first-order valence-electron chi connectivity index (χ1n) is 8.29. The molecular weight excluding hydrogens is 312 g/mol. The molecule has 2 aromatic rings. The highest BCUT2D eigenvalue weighted by atomic mass is 28.3. The van der Waals surface area contributed by atoms with Crippen molar-refractivity contribution >= 4 is 19.2 Å². The zero-order chi connectivity index (χ0) is 17.9. The Morgan fingerprint density at radius 1 is 0.875 bits per heavy atom. The Kier molecular flexibility index (Phi) is 5.62.